The lowest BCUT2D eigenvalue weighted by molar-refractivity contribution is 0.302. The zero-order chi connectivity index (χ0) is 35.2. The molecule has 0 amide bonds. The van der Waals surface area contributed by atoms with Crippen LogP contribution in [0.5, 0.6) is 11.5 Å². The van der Waals surface area contributed by atoms with E-state index in [0.29, 0.717) is 0 Å². The highest BCUT2D eigenvalue weighted by Gasteiger charge is 2.26. The quantitative estimate of drug-likeness (QED) is 0.160. The smallest absolute Gasteiger partial charge is 0.119 e. The van der Waals surface area contributed by atoms with E-state index in [-0.39, 0.29) is 0 Å². The van der Waals surface area contributed by atoms with Crippen molar-refractivity contribution in [3.8, 4) is 22.6 Å². The maximum absolute atomic E-state index is 6.60. The predicted molar refractivity (Wildman–Crippen MR) is 226 cm³/mol. The van der Waals surface area contributed by atoms with Crippen LogP contribution < -0.4 is 41.3 Å². The van der Waals surface area contributed by atoms with Gasteiger partial charge in [0.2, 0.25) is 0 Å². The number of fused-ring (bicyclic) bond motifs is 5. The highest BCUT2D eigenvalue weighted by Crippen LogP contribution is 2.43. The zero-order valence-corrected chi connectivity index (χ0v) is 32.0. The molecule has 2 nitrogen and oxygen atoms in total. The van der Waals surface area contributed by atoms with E-state index in [0.717, 1.165) is 37.6 Å². The lowest BCUT2D eigenvalue weighted by atomic mass is 10.0. The summed E-state index contributed by atoms with van der Waals surface area (Å²) in [5.74, 6) is 1.87. The molecule has 4 bridgehead atoms. The van der Waals surface area contributed by atoms with Crippen molar-refractivity contribution in [2.45, 2.75) is 64.2 Å². The van der Waals surface area contributed by atoms with Crippen LogP contribution >= 0.6 is 15.8 Å². The maximum atomic E-state index is 6.60. The second-order valence-corrected chi connectivity index (χ2v) is 18.0. The van der Waals surface area contributed by atoms with Crippen LogP contribution in [0.2, 0.25) is 0 Å². The van der Waals surface area contributed by atoms with Crippen LogP contribution in [-0.4, -0.2) is 13.2 Å². The molecule has 0 atom stereocenters. The van der Waals surface area contributed by atoms with Crippen LogP contribution in [0.1, 0.15) is 64.2 Å². The zero-order valence-electron chi connectivity index (χ0n) is 30.2. The molecule has 0 saturated carbocycles. The minimum absolute atomic E-state index is 0.738. The summed E-state index contributed by atoms with van der Waals surface area (Å²) in [6, 6.07) is 58.0. The van der Waals surface area contributed by atoms with Gasteiger partial charge < -0.3 is 9.47 Å². The van der Waals surface area contributed by atoms with Crippen molar-refractivity contribution in [1.82, 2.24) is 0 Å². The summed E-state index contributed by atoms with van der Waals surface area (Å²) in [5, 5.41) is 8.00. The second-order valence-electron chi connectivity index (χ2n) is 13.6. The van der Waals surface area contributed by atoms with E-state index in [4.69, 9.17) is 9.47 Å². The Labute approximate surface area is 313 Å². The Morgan fingerprint density at radius 1 is 0.308 bits per heavy atom. The van der Waals surface area contributed by atoms with Gasteiger partial charge in [-0.15, -0.1) is 0 Å². The molecule has 0 saturated heterocycles. The molecule has 4 heteroatoms. The van der Waals surface area contributed by atoms with Gasteiger partial charge in [0.25, 0.3) is 0 Å². The van der Waals surface area contributed by atoms with Crippen molar-refractivity contribution >= 4 is 47.7 Å². The fourth-order valence-corrected chi connectivity index (χ4v) is 12.1. The summed E-state index contributed by atoms with van der Waals surface area (Å²) < 4.78 is 13.2. The van der Waals surface area contributed by atoms with Crippen LogP contribution in [-0.2, 0) is 0 Å². The third kappa shape index (κ3) is 9.41. The molecular weight excluding hydrogens is 670 g/mol. The van der Waals surface area contributed by atoms with Crippen molar-refractivity contribution < 1.29 is 9.47 Å². The topological polar surface area (TPSA) is 18.5 Å². The fraction of sp³-hybridized carbons (Fsp3) is 0.250. The molecule has 1 heterocycles. The summed E-state index contributed by atoms with van der Waals surface area (Å²) in [6.07, 6.45) is 12.5. The summed E-state index contributed by atoms with van der Waals surface area (Å²) in [7, 11) is -1.75. The first-order valence-corrected chi connectivity index (χ1v) is 21.9. The Morgan fingerprint density at radius 2 is 0.596 bits per heavy atom. The summed E-state index contributed by atoms with van der Waals surface area (Å²) in [5.41, 5.74) is 2.45. The molecule has 6 aromatic rings. The molecule has 0 aliphatic carbocycles. The van der Waals surface area contributed by atoms with Crippen LogP contribution in [0.25, 0.3) is 11.1 Å². The van der Waals surface area contributed by atoms with E-state index in [2.05, 4.69) is 158 Å². The van der Waals surface area contributed by atoms with Gasteiger partial charge in [0, 0.05) is 0 Å². The predicted octanol–water partition coefficient (Wildman–Crippen LogP) is 10.5. The van der Waals surface area contributed by atoms with Gasteiger partial charge in [-0.3, -0.25) is 0 Å². The largest absolute Gasteiger partial charge is 0.494 e. The molecule has 1 aliphatic heterocycles. The van der Waals surface area contributed by atoms with Crippen LogP contribution in [0.3, 0.4) is 0 Å². The van der Waals surface area contributed by atoms with Crippen LogP contribution in [0.4, 0.5) is 0 Å². The highest BCUT2D eigenvalue weighted by atomic mass is 31.1. The second kappa shape index (κ2) is 19.0. The lowest BCUT2D eigenvalue weighted by Crippen LogP contribution is -2.26. The van der Waals surface area contributed by atoms with E-state index in [1.807, 2.05) is 0 Å². The standard InChI is InChI=1S/C48H50O2P2/c1-2-4-6-8-22-36-50-40-32-34-48(52(43-27-17-11-18-28-43)44-29-19-12-20-30-44)46(38-40)45-37-39(49-35-21-7-5-3-1)31-33-47(45)51(41-23-13-9-14-24-41)42-25-15-10-16-26-42/h9-20,23-34,37-38H,1-8,21-22,35-36H2. The molecule has 0 fully saturated rings. The van der Waals surface area contributed by atoms with E-state index < -0.39 is 15.8 Å². The molecule has 7 rings (SSSR count). The Hall–Kier alpha value is -4.22. The molecular formula is C48H50O2P2. The average Bonchev–Trinajstić information content (AvgIpc) is 3.20. The van der Waals surface area contributed by atoms with Gasteiger partial charge in [-0.1, -0.05) is 173 Å². The third-order valence-corrected chi connectivity index (χ3v) is 14.8. The number of hydrogen-bond acceptors (Lipinski definition) is 2. The Kier molecular flexibility index (Phi) is 13.2. The first kappa shape index (κ1) is 36.2. The van der Waals surface area contributed by atoms with Crippen molar-refractivity contribution in [2.24, 2.45) is 0 Å². The fourth-order valence-electron chi connectivity index (χ4n) is 7.19. The Balaban J connectivity index is 1.43. The highest BCUT2D eigenvalue weighted by molar-refractivity contribution is 7.80. The molecule has 264 valence electrons. The van der Waals surface area contributed by atoms with Gasteiger partial charge in [0.15, 0.2) is 0 Å². The number of hydrogen-bond donors (Lipinski definition) is 0. The Bertz CT molecular complexity index is 1720. The minimum atomic E-state index is -0.874. The normalized spacial score (nSPS) is 14.7. The van der Waals surface area contributed by atoms with Gasteiger partial charge >= 0.3 is 0 Å². The first-order valence-electron chi connectivity index (χ1n) is 19.2. The van der Waals surface area contributed by atoms with Gasteiger partial charge in [-0.2, -0.15) is 0 Å². The van der Waals surface area contributed by atoms with E-state index in [9.17, 15) is 0 Å². The van der Waals surface area contributed by atoms with E-state index in [1.165, 1.54) is 94.3 Å². The number of ether oxygens (including phenoxy) is 2. The average molecular weight is 721 g/mol. The van der Waals surface area contributed by atoms with Crippen LogP contribution in [0.15, 0.2) is 158 Å². The monoisotopic (exact) mass is 720 g/mol. The molecule has 0 radical (unpaired) electrons. The van der Waals surface area contributed by atoms with Crippen molar-refractivity contribution in [3.63, 3.8) is 0 Å². The SMILES string of the molecule is c1ccc(P(c2ccccc2)c2ccc3cc2-c2cc(ccc2P(c2ccccc2)c2ccccc2)OCCCCCCCCCCCCO3)cc1. The molecule has 0 unspecified atom stereocenters. The number of benzene rings is 6. The molecule has 1 aliphatic rings. The third-order valence-electron chi connectivity index (χ3n) is 9.84. The van der Waals surface area contributed by atoms with Gasteiger partial charge in [-0.05, 0) is 108 Å². The maximum Gasteiger partial charge on any atom is 0.119 e. The van der Waals surface area contributed by atoms with Crippen molar-refractivity contribution in [2.75, 3.05) is 13.2 Å². The summed E-state index contributed by atoms with van der Waals surface area (Å²) >= 11 is 0. The van der Waals surface area contributed by atoms with Gasteiger partial charge in [0.1, 0.15) is 11.5 Å². The van der Waals surface area contributed by atoms with Gasteiger partial charge in [0.05, 0.1) is 13.2 Å². The summed E-state index contributed by atoms with van der Waals surface area (Å²) in [6.45, 7) is 1.48. The molecule has 0 aromatic heterocycles. The van der Waals surface area contributed by atoms with Crippen molar-refractivity contribution in [3.05, 3.63) is 158 Å². The van der Waals surface area contributed by atoms with Crippen molar-refractivity contribution in [1.29, 1.82) is 0 Å². The number of rotatable bonds is 6. The first-order chi connectivity index (χ1) is 25.8. The van der Waals surface area contributed by atoms with E-state index in [1.54, 1.807) is 0 Å². The van der Waals surface area contributed by atoms with Gasteiger partial charge in [-0.25, -0.2) is 0 Å². The minimum Gasteiger partial charge on any atom is -0.494 e. The van der Waals surface area contributed by atoms with E-state index >= 15 is 0 Å². The lowest BCUT2D eigenvalue weighted by Gasteiger charge is -2.27. The summed E-state index contributed by atoms with van der Waals surface area (Å²) in [4.78, 5) is 0. The molecule has 0 N–H and O–H groups in total. The Morgan fingerprint density at radius 3 is 0.904 bits per heavy atom. The molecule has 0 spiro atoms. The molecule has 52 heavy (non-hydrogen) atoms. The molecule has 6 aromatic carbocycles. The van der Waals surface area contributed by atoms with Crippen LogP contribution in [0, 0.1) is 0 Å².